The molecule has 0 bridgehead atoms. The summed E-state index contributed by atoms with van der Waals surface area (Å²) in [5.41, 5.74) is 2.28. The van der Waals surface area contributed by atoms with Gasteiger partial charge in [-0.05, 0) is 56.1 Å². The quantitative estimate of drug-likeness (QED) is 0.779. The smallest absolute Gasteiger partial charge is 0.123 e. The van der Waals surface area contributed by atoms with E-state index in [1.54, 1.807) is 6.07 Å². The largest absolute Gasteiger partial charge is 0.347 e. The second-order valence-electron chi connectivity index (χ2n) is 6.11. The number of unbranched alkanes of at least 4 members (excludes halogenated alkanes) is 1. The number of aryl methyl sites for hydroxylation is 1. The Labute approximate surface area is 130 Å². The highest BCUT2D eigenvalue weighted by atomic mass is 19.1. The van der Waals surface area contributed by atoms with Crippen molar-refractivity contribution in [2.45, 2.75) is 45.2 Å². The lowest BCUT2D eigenvalue weighted by Crippen LogP contribution is -2.28. The summed E-state index contributed by atoms with van der Waals surface area (Å²) in [5, 5.41) is 9.72. The Hall–Kier alpha value is -1.86. The Bertz CT molecular complexity index is 677. The summed E-state index contributed by atoms with van der Waals surface area (Å²) in [4.78, 5) is 2.46. The summed E-state index contributed by atoms with van der Waals surface area (Å²) in [6, 6.07) is 7.21. The van der Waals surface area contributed by atoms with E-state index in [4.69, 9.17) is 5.26 Å². The van der Waals surface area contributed by atoms with Crippen LogP contribution >= 0.6 is 0 Å². The SMILES string of the molecule is N#CCCCn1cc(CN2CCCCC2)c2cc(F)ccc21. The maximum atomic E-state index is 13.6. The van der Waals surface area contributed by atoms with Crippen molar-refractivity contribution in [3.8, 4) is 6.07 Å². The van der Waals surface area contributed by atoms with Crippen LogP contribution in [0.5, 0.6) is 0 Å². The minimum Gasteiger partial charge on any atom is -0.347 e. The fraction of sp³-hybridized carbons (Fsp3) is 0.500. The Morgan fingerprint density at radius 1 is 1.18 bits per heavy atom. The van der Waals surface area contributed by atoms with Gasteiger partial charge in [-0.1, -0.05) is 6.42 Å². The van der Waals surface area contributed by atoms with Gasteiger partial charge in [0.15, 0.2) is 0 Å². The average Bonchev–Trinajstić information content (AvgIpc) is 2.86. The molecule has 22 heavy (non-hydrogen) atoms. The topological polar surface area (TPSA) is 32.0 Å². The van der Waals surface area contributed by atoms with Gasteiger partial charge in [-0.2, -0.15) is 5.26 Å². The Morgan fingerprint density at radius 3 is 2.77 bits per heavy atom. The zero-order chi connectivity index (χ0) is 15.4. The van der Waals surface area contributed by atoms with Gasteiger partial charge < -0.3 is 4.57 Å². The van der Waals surface area contributed by atoms with E-state index in [1.807, 2.05) is 6.07 Å². The van der Waals surface area contributed by atoms with E-state index in [-0.39, 0.29) is 5.82 Å². The van der Waals surface area contributed by atoms with Crippen LogP contribution in [0.25, 0.3) is 10.9 Å². The van der Waals surface area contributed by atoms with Crippen molar-refractivity contribution in [1.82, 2.24) is 9.47 Å². The number of rotatable bonds is 5. The van der Waals surface area contributed by atoms with Crippen LogP contribution in [0.4, 0.5) is 4.39 Å². The number of likely N-dealkylation sites (tertiary alicyclic amines) is 1. The molecule has 3 rings (SSSR count). The van der Waals surface area contributed by atoms with E-state index < -0.39 is 0 Å². The van der Waals surface area contributed by atoms with Crippen LogP contribution in [0.3, 0.4) is 0 Å². The second-order valence-corrected chi connectivity index (χ2v) is 6.11. The van der Waals surface area contributed by atoms with E-state index >= 15 is 0 Å². The number of piperidine rings is 1. The van der Waals surface area contributed by atoms with Crippen molar-refractivity contribution < 1.29 is 4.39 Å². The van der Waals surface area contributed by atoms with Crippen LogP contribution < -0.4 is 0 Å². The van der Waals surface area contributed by atoms with Crippen molar-refractivity contribution in [3.05, 3.63) is 35.8 Å². The number of nitriles is 1. The number of halogens is 1. The lowest BCUT2D eigenvalue weighted by Gasteiger charge is -2.26. The first-order valence-electron chi connectivity index (χ1n) is 8.14. The molecule has 0 radical (unpaired) electrons. The highest BCUT2D eigenvalue weighted by Gasteiger charge is 2.15. The van der Waals surface area contributed by atoms with Crippen LogP contribution in [0.15, 0.2) is 24.4 Å². The summed E-state index contributed by atoms with van der Waals surface area (Å²) in [5.74, 6) is -0.179. The van der Waals surface area contributed by atoms with Gasteiger partial charge in [-0.25, -0.2) is 4.39 Å². The molecule has 116 valence electrons. The fourth-order valence-corrected chi connectivity index (χ4v) is 3.34. The van der Waals surface area contributed by atoms with Gasteiger partial charge in [0, 0.05) is 36.6 Å². The summed E-state index contributed by atoms with van der Waals surface area (Å²) in [6.45, 7) is 3.98. The van der Waals surface area contributed by atoms with E-state index in [0.29, 0.717) is 6.42 Å². The highest BCUT2D eigenvalue weighted by molar-refractivity contribution is 5.84. The fourth-order valence-electron chi connectivity index (χ4n) is 3.34. The average molecular weight is 299 g/mol. The zero-order valence-corrected chi connectivity index (χ0v) is 12.9. The van der Waals surface area contributed by atoms with E-state index in [2.05, 4.69) is 21.7 Å². The predicted octanol–water partition coefficient (Wildman–Crippen LogP) is 4.07. The third-order valence-electron chi connectivity index (χ3n) is 4.46. The summed E-state index contributed by atoms with van der Waals surface area (Å²) in [7, 11) is 0. The second kappa shape index (κ2) is 6.93. The lowest BCUT2D eigenvalue weighted by molar-refractivity contribution is 0.221. The molecule has 0 unspecified atom stereocenters. The van der Waals surface area contributed by atoms with Crippen molar-refractivity contribution in [2.75, 3.05) is 13.1 Å². The van der Waals surface area contributed by atoms with Crippen molar-refractivity contribution in [2.24, 2.45) is 0 Å². The molecule has 0 amide bonds. The number of fused-ring (bicyclic) bond motifs is 1. The molecular formula is C18H22FN3. The molecule has 3 nitrogen and oxygen atoms in total. The van der Waals surface area contributed by atoms with Gasteiger partial charge in [-0.15, -0.1) is 0 Å². The molecule has 1 aromatic carbocycles. The zero-order valence-electron chi connectivity index (χ0n) is 12.9. The maximum Gasteiger partial charge on any atom is 0.123 e. The number of hydrogen-bond donors (Lipinski definition) is 0. The molecule has 1 fully saturated rings. The Morgan fingerprint density at radius 2 is 2.00 bits per heavy atom. The van der Waals surface area contributed by atoms with Crippen LogP contribution in [0.1, 0.15) is 37.7 Å². The third kappa shape index (κ3) is 3.31. The molecule has 0 atom stereocenters. The molecule has 0 aliphatic carbocycles. The van der Waals surface area contributed by atoms with Gasteiger partial charge in [0.25, 0.3) is 0 Å². The molecule has 2 heterocycles. The molecule has 4 heteroatoms. The first-order chi connectivity index (χ1) is 10.8. The monoisotopic (exact) mass is 299 g/mol. The Balaban J connectivity index is 1.87. The first-order valence-corrected chi connectivity index (χ1v) is 8.14. The van der Waals surface area contributed by atoms with E-state index in [1.165, 1.54) is 30.9 Å². The third-order valence-corrected chi connectivity index (χ3v) is 4.46. The van der Waals surface area contributed by atoms with Crippen molar-refractivity contribution >= 4 is 10.9 Å². The molecule has 1 aromatic heterocycles. The maximum absolute atomic E-state index is 13.6. The lowest BCUT2D eigenvalue weighted by atomic mass is 10.1. The Kier molecular flexibility index (Phi) is 4.74. The minimum atomic E-state index is -0.179. The standard InChI is InChI=1S/C18H22FN3/c19-16-6-7-18-17(12-16)15(13-21-9-3-1-4-10-21)14-22(18)11-5-2-8-20/h6-7,12,14H,1-5,9-11,13H2. The minimum absolute atomic E-state index is 0.179. The molecule has 0 N–H and O–H groups in total. The molecule has 1 aliphatic rings. The number of benzene rings is 1. The molecule has 0 spiro atoms. The molecule has 2 aromatic rings. The molecular weight excluding hydrogens is 277 g/mol. The van der Waals surface area contributed by atoms with Crippen LogP contribution in [0, 0.1) is 17.1 Å². The number of hydrogen-bond acceptors (Lipinski definition) is 2. The van der Waals surface area contributed by atoms with Gasteiger partial charge in [0.2, 0.25) is 0 Å². The van der Waals surface area contributed by atoms with Crippen molar-refractivity contribution in [1.29, 1.82) is 5.26 Å². The van der Waals surface area contributed by atoms with Crippen LogP contribution in [-0.4, -0.2) is 22.6 Å². The molecule has 0 saturated carbocycles. The normalized spacial score (nSPS) is 16.0. The molecule has 1 aliphatic heterocycles. The summed E-state index contributed by atoms with van der Waals surface area (Å²) >= 11 is 0. The summed E-state index contributed by atoms with van der Waals surface area (Å²) in [6.07, 6.45) is 7.38. The highest BCUT2D eigenvalue weighted by Crippen LogP contribution is 2.25. The van der Waals surface area contributed by atoms with Crippen molar-refractivity contribution in [3.63, 3.8) is 0 Å². The van der Waals surface area contributed by atoms with Gasteiger partial charge in [0.05, 0.1) is 6.07 Å². The first kappa shape index (κ1) is 15.1. The number of nitrogens with zero attached hydrogens (tertiary/aromatic N) is 3. The molecule has 1 saturated heterocycles. The van der Waals surface area contributed by atoms with Gasteiger partial charge in [0.1, 0.15) is 5.82 Å². The van der Waals surface area contributed by atoms with Crippen LogP contribution in [0.2, 0.25) is 0 Å². The van der Waals surface area contributed by atoms with Crippen LogP contribution in [-0.2, 0) is 13.1 Å². The summed E-state index contributed by atoms with van der Waals surface area (Å²) < 4.78 is 15.8. The predicted molar refractivity (Wildman–Crippen MR) is 85.9 cm³/mol. The van der Waals surface area contributed by atoms with Gasteiger partial charge in [-0.3, -0.25) is 4.90 Å². The van der Waals surface area contributed by atoms with E-state index in [0.717, 1.165) is 43.5 Å². The van der Waals surface area contributed by atoms with E-state index in [9.17, 15) is 4.39 Å². The van der Waals surface area contributed by atoms with Gasteiger partial charge >= 0.3 is 0 Å². The number of aromatic nitrogens is 1.